The van der Waals surface area contributed by atoms with Gasteiger partial charge in [0.2, 0.25) is 5.60 Å². The van der Waals surface area contributed by atoms with E-state index < -0.39 is 11.6 Å². The number of ketones is 1. The highest BCUT2D eigenvalue weighted by molar-refractivity contribution is 6.03. The molecule has 1 atom stereocenters. The van der Waals surface area contributed by atoms with Crippen LogP contribution in [0.4, 0.5) is 0 Å². The van der Waals surface area contributed by atoms with Crippen LogP contribution < -0.4 is 4.74 Å². The quantitative estimate of drug-likeness (QED) is 0.783. The van der Waals surface area contributed by atoms with E-state index in [0.29, 0.717) is 11.3 Å². The average molecular weight is 220 g/mol. The number of Topliss-reactive ketones (excluding diaryl/α,β-unsaturated/α-hetero) is 1. The van der Waals surface area contributed by atoms with E-state index >= 15 is 0 Å². The van der Waals surface area contributed by atoms with Crippen LogP contribution in [0.1, 0.15) is 29.3 Å². The Morgan fingerprint density at radius 3 is 2.81 bits per heavy atom. The molecule has 4 heteroatoms. The largest absolute Gasteiger partial charge is 0.478 e. The van der Waals surface area contributed by atoms with Crippen molar-refractivity contribution in [3.05, 3.63) is 29.3 Å². The molecular formula is C12H12O4. The van der Waals surface area contributed by atoms with Gasteiger partial charge in [0.1, 0.15) is 5.75 Å². The number of carbonyl (C=O) groups is 2. The maximum atomic E-state index is 11.8. The maximum absolute atomic E-state index is 11.8. The first-order chi connectivity index (χ1) is 7.42. The monoisotopic (exact) mass is 220 g/mol. The van der Waals surface area contributed by atoms with E-state index in [-0.39, 0.29) is 12.2 Å². The molecule has 0 spiro atoms. The van der Waals surface area contributed by atoms with E-state index in [1.54, 1.807) is 12.1 Å². The zero-order chi connectivity index (χ0) is 11.9. The smallest absolute Gasteiger partial charge is 0.348 e. The van der Waals surface area contributed by atoms with Gasteiger partial charge in [0, 0.05) is 0 Å². The van der Waals surface area contributed by atoms with Crippen LogP contribution in [0.2, 0.25) is 0 Å². The molecule has 4 nitrogen and oxygen atoms in total. The first-order valence-corrected chi connectivity index (χ1v) is 4.99. The molecule has 1 aliphatic heterocycles. The number of rotatable bonds is 1. The highest BCUT2D eigenvalue weighted by Crippen LogP contribution is 2.33. The molecule has 1 aromatic rings. The summed E-state index contributed by atoms with van der Waals surface area (Å²) in [6, 6.07) is 5.17. The maximum Gasteiger partial charge on any atom is 0.348 e. The summed E-state index contributed by atoms with van der Waals surface area (Å²) < 4.78 is 5.41. The number of carbonyl (C=O) groups excluding carboxylic acids is 1. The summed E-state index contributed by atoms with van der Waals surface area (Å²) >= 11 is 0. The van der Waals surface area contributed by atoms with Crippen LogP contribution in [0.25, 0.3) is 0 Å². The fourth-order valence-electron chi connectivity index (χ4n) is 1.74. The second kappa shape index (κ2) is 3.33. The van der Waals surface area contributed by atoms with Crippen LogP contribution in [0.3, 0.4) is 0 Å². The van der Waals surface area contributed by atoms with Crippen LogP contribution in [0.15, 0.2) is 18.2 Å². The Kier molecular flexibility index (Phi) is 2.22. The van der Waals surface area contributed by atoms with Crippen LogP contribution in [-0.2, 0) is 4.79 Å². The van der Waals surface area contributed by atoms with Gasteiger partial charge in [0.25, 0.3) is 0 Å². The lowest BCUT2D eigenvalue weighted by Crippen LogP contribution is -2.46. The molecule has 0 saturated carbocycles. The standard InChI is InChI=1S/C12H12O4/c1-7-3-4-8-9(13)6-12(2,11(14)15)16-10(8)5-7/h3-5H,6H2,1-2H3,(H,14,15). The molecule has 2 rings (SSSR count). The van der Waals surface area contributed by atoms with Gasteiger partial charge >= 0.3 is 5.97 Å². The van der Waals surface area contributed by atoms with Gasteiger partial charge in [-0.15, -0.1) is 0 Å². The lowest BCUT2D eigenvalue weighted by Gasteiger charge is -2.31. The van der Waals surface area contributed by atoms with E-state index in [0.717, 1.165) is 5.56 Å². The van der Waals surface area contributed by atoms with Crippen LogP contribution in [-0.4, -0.2) is 22.5 Å². The minimum Gasteiger partial charge on any atom is -0.478 e. The third-order valence-electron chi connectivity index (χ3n) is 2.72. The Bertz CT molecular complexity index is 478. The van der Waals surface area contributed by atoms with Crippen molar-refractivity contribution < 1.29 is 19.4 Å². The molecular weight excluding hydrogens is 208 g/mol. The summed E-state index contributed by atoms with van der Waals surface area (Å²) in [6.45, 7) is 3.28. The SMILES string of the molecule is Cc1ccc2c(c1)OC(C)(C(=O)O)CC2=O. The second-order valence-electron chi connectivity index (χ2n) is 4.24. The molecule has 0 aliphatic carbocycles. The molecule has 1 aliphatic rings. The van der Waals surface area contributed by atoms with E-state index in [1.165, 1.54) is 6.92 Å². The summed E-state index contributed by atoms with van der Waals surface area (Å²) in [5.74, 6) is -0.944. The van der Waals surface area contributed by atoms with Crippen molar-refractivity contribution in [3.63, 3.8) is 0 Å². The molecule has 84 valence electrons. The van der Waals surface area contributed by atoms with Gasteiger partial charge in [0.05, 0.1) is 12.0 Å². The highest BCUT2D eigenvalue weighted by atomic mass is 16.5. The molecule has 0 radical (unpaired) electrons. The average Bonchev–Trinajstić information content (AvgIpc) is 2.16. The molecule has 1 aromatic carbocycles. The number of hydrogen-bond donors (Lipinski definition) is 1. The normalized spacial score (nSPS) is 23.5. The second-order valence-corrected chi connectivity index (χ2v) is 4.24. The van der Waals surface area contributed by atoms with Gasteiger partial charge < -0.3 is 9.84 Å². The van der Waals surface area contributed by atoms with Crippen LogP contribution >= 0.6 is 0 Å². The number of ether oxygens (including phenoxy) is 1. The van der Waals surface area contributed by atoms with Crippen molar-refractivity contribution in [2.75, 3.05) is 0 Å². The van der Waals surface area contributed by atoms with Crippen molar-refractivity contribution >= 4 is 11.8 Å². The number of fused-ring (bicyclic) bond motifs is 1. The Hall–Kier alpha value is -1.84. The van der Waals surface area contributed by atoms with Crippen molar-refractivity contribution in [1.29, 1.82) is 0 Å². The van der Waals surface area contributed by atoms with Crippen molar-refractivity contribution in [2.24, 2.45) is 0 Å². The Balaban J connectivity index is 2.50. The van der Waals surface area contributed by atoms with Crippen LogP contribution in [0.5, 0.6) is 5.75 Å². The topological polar surface area (TPSA) is 63.6 Å². The van der Waals surface area contributed by atoms with Gasteiger partial charge in [-0.1, -0.05) is 6.07 Å². The van der Waals surface area contributed by atoms with E-state index in [4.69, 9.17) is 9.84 Å². The Morgan fingerprint density at radius 2 is 2.19 bits per heavy atom. The number of carboxylic acids is 1. The number of aliphatic carboxylic acids is 1. The number of carboxylic acid groups (broad SMARTS) is 1. The molecule has 1 N–H and O–H groups in total. The van der Waals surface area contributed by atoms with Crippen molar-refractivity contribution in [1.82, 2.24) is 0 Å². The van der Waals surface area contributed by atoms with E-state index in [9.17, 15) is 9.59 Å². The number of hydrogen-bond acceptors (Lipinski definition) is 3. The lowest BCUT2D eigenvalue weighted by atomic mass is 9.91. The summed E-state index contributed by atoms with van der Waals surface area (Å²) in [7, 11) is 0. The molecule has 16 heavy (non-hydrogen) atoms. The van der Waals surface area contributed by atoms with Gasteiger partial charge in [-0.2, -0.15) is 0 Å². The molecule has 0 amide bonds. The third-order valence-corrected chi connectivity index (χ3v) is 2.72. The minimum absolute atomic E-state index is 0.127. The van der Waals surface area contributed by atoms with Crippen LogP contribution in [0, 0.1) is 6.92 Å². The predicted molar refractivity (Wildman–Crippen MR) is 56.8 cm³/mol. The molecule has 0 fully saturated rings. The van der Waals surface area contributed by atoms with Gasteiger partial charge in [-0.3, -0.25) is 4.79 Å². The Morgan fingerprint density at radius 1 is 1.50 bits per heavy atom. The number of aryl methyl sites for hydroxylation is 1. The number of benzene rings is 1. The van der Waals surface area contributed by atoms with Gasteiger partial charge in [-0.05, 0) is 31.5 Å². The van der Waals surface area contributed by atoms with Gasteiger partial charge in [0.15, 0.2) is 5.78 Å². The molecule has 1 heterocycles. The molecule has 1 unspecified atom stereocenters. The summed E-state index contributed by atoms with van der Waals surface area (Å²) in [5.41, 5.74) is -0.0526. The fraction of sp³-hybridized carbons (Fsp3) is 0.333. The summed E-state index contributed by atoms with van der Waals surface area (Å²) in [5, 5.41) is 9.03. The molecule has 0 saturated heterocycles. The third kappa shape index (κ3) is 1.56. The minimum atomic E-state index is -1.45. The van der Waals surface area contributed by atoms with E-state index in [1.807, 2.05) is 13.0 Å². The Labute approximate surface area is 92.8 Å². The lowest BCUT2D eigenvalue weighted by molar-refractivity contribution is -0.154. The fourth-order valence-corrected chi connectivity index (χ4v) is 1.74. The van der Waals surface area contributed by atoms with Crippen molar-refractivity contribution in [2.45, 2.75) is 25.9 Å². The zero-order valence-electron chi connectivity index (χ0n) is 9.11. The highest BCUT2D eigenvalue weighted by Gasteiger charge is 2.42. The summed E-state index contributed by atoms with van der Waals surface area (Å²) in [6.07, 6.45) is -0.127. The predicted octanol–water partition coefficient (Wildman–Crippen LogP) is 1.80. The molecule has 0 aromatic heterocycles. The van der Waals surface area contributed by atoms with E-state index in [2.05, 4.69) is 0 Å². The summed E-state index contributed by atoms with van der Waals surface area (Å²) in [4.78, 5) is 22.8. The van der Waals surface area contributed by atoms with Crippen molar-refractivity contribution in [3.8, 4) is 5.75 Å². The molecule has 0 bridgehead atoms. The first kappa shape index (κ1) is 10.7. The zero-order valence-corrected chi connectivity index (χ0v) is 9.11. The van der Waals surface area contributed by atoms with Gasteiger partial charge in [-0.25, -0.2) is 4.79 Å². The first-order valence-electron chi connectivity index (χ1n) is 4.99.